The van der Waals surface area contributed by atoms with E-state index in [9.17, 15) is 14.4 Å². The molecule has 1 aliphatic heterocycles. The number of methoxy groups -OCH3 is 1. The molecule has 0 radical (unpaired) electrons. The van der Waals surface area contributed by atoms with E-state index in [1.54, 1.807) is 0 Å². The van der Waals surface area contributed by atoms with Gasteiger partial charge in [-0.2, -0.15) is 0 Å². The van der Waals surface area contributed by atoms with Gasteiger partial charge in [0.1, 0.15) is 6.04 Å². The molecule has 1 heterocycles. The molecular formula is C16H21NO4. The van der Waals surface area contributed by atoms with E-state index < -0.39 is 12.0 Å². The van der Waals surface area contributed by atoms with E-state index in [1.807, 2.05) is 13.8 Å². The fourth-order valence-corrected chi connectivity index (χ4v) is 4.14. The zero-order valence-electron chi connectivity index (χ0n) is 12.6. The standard InChI is InChI=1S/C16H21NO4/c1-4-8(2)13(16(20)21-3)17-14(18)11-9-5-6-10(7-9)12(11)15(17)19/h5-6,8-13H,4,7H2,1-3H3/t8-,9-,10+,11+,12-,13-/m0/s1. The number of fused-ring (bicyclic) bond motifs is 5. The monoisotopic (exact) mass is 291 g/mol. The number of ether oxygens (including phenoxy) is 1. The maximum Gasteiger partial charge on any atom is 0.329 e. The van der Waals surface area contributed by atoms with Crippen LogP contribution in [-0.4, -0.2) is 35.8 Å². The summed E-state index contributed by atoms with van der Waals surface area (Å²) in [5, 5.41) is 0. The Labute approximate surface area is 124 Å². The van der Waals surface area contributed by atoms with Gasteiger partial charge in [0, 0.05) is 0 Å². The Morgan fingerprint density at radius 1 is 1.29 bits per heavy atom. The molecule has 5 nitrogen and oxygen atoms in total. The van der Waals surface area contributed by atoms with Gasteiger partial charge in [-0.25, -0.2) is 4.79 Å². The Balaban J connectivity index is 1.93. The highest BCUT2D eigenvalue weighted by molar-refractivity contribution is 6.09. The quantitative estimate of drug-likeness (QED) is 0.446. The normalized spacial score (nSPS) is 36.0. The number of esters is 1. The summed E-state index contributed by atoms with van der Waals surface area (Å²) in [6.07, 6.45) is 5.71. The molecule has 2 bridgehead atoms. The van der Waals surface area contributed by atoms with Crippen molar-refractivity contribution in [3.63, 3.8) is 0 Å². The summed E-state index contributed by atoms with van der Waals surface area (Å²) < 4.78 is 4.84. The van der Waals surface area contributed by atoms with Gasteiger partial charge in [-0.05, 0) is 24.2 Å². The van der Waals surface area contributed by atoms with E-state index in [0.29, 0.717) is 6.42 Å². The molecule has 0 aromatic heterocycles. The average molecular weight is 291 g/mol. The molecule has 2 fully saturated rings. The van der Waals surface area contributed by atoms with Crippen LogP contribution in [0.2, 0.25) is 0 Å². The van der Waals surface area contributed by atoms with Crippen LogP contribution < -0.4 is 0 Å². The molecule has 2 amide bonds. The van der Waals surface area contributed by atoms with E-state index in [1.165, 1.54) is 12.0 Å². The van der Waals surface area contributed by atoms with Crippen molar-refractivity contribution in [1.29, 1.82) is 0 Å². The lowest BCUT2D eigenvalue weighted by Gasteiger charge is -2.29. The summed E-state index contributed by atoms with van der Waals surface area (Å²) in [5.41, 5.74) is 0. The van der Waals surface area contributed by atoms with Gasteiger partial charge in [0.15, 0.2) is 0 Å². The van der Waals surface area contributed by atoms with Crippen LogP contribution >= 0.6 is 0 Å². The molecule has 0 aromatic rings. The van der Waals surface area contributed by atoms with Crippen LogP contribution in [0, 0.1) is 29.6 Å². The van der Waals surface area contributed by atoms with Gasteiger partial charge >= 0.3 is 5.97 Å². The zero-order valence-corrected chi connectivity index (χ0v) is 12.6. The molecule has 3 rings (SSSR count). The van der Waals surface area contributed by atoms with Crippen molar-refractivity contribution in [1.82, 2.24) is 4.90 Å². The van der Waals surface area contributed by atoms with Crippen molar-refractivity contribution >= 4 is 17.8 Å². The van der Waals surface area contributed by atoms with Gasteiger partial charge in [0.05, 0.1) is 18.9 Å². The maximum atomic E-state index is 12.7. The number of likely N-dealkylation sites (tertiary alicyclic amines) is 1. The number of carbonyl (C=O) groups excluding carboxylic acids is 3. The van der Waals surface area contributed by atoms with E-state index in [2.05, 4.69) is 12.2 Å². The summed E-state index contributed by atoms with van der Waals surface area (Å²) in [4.78, 5) is 38.8. The van der Waals surface area contributed by atoms with E-state index in [4.69, 9.17) is 4.74 Å². The third-order valence-electron chi connectivity index (χ3n) is 5.41. The smallest absolute Gasteiger partial charge is 0.329 e. The number of carbonyl (C=O) groups is 3. The number of rotatable bonds is 4. The molecule has 0 aromatic carbocycles. The molecule has 0 spiro atoms. The lowest BCUT2D eigenvalue weighted by Crippen LogP contribution is -2.50. The van der Waals surface area contributed by atoms with Crippen LogP contribution in [0.4, 0.5) is 0 Å². The highest BCUT2D eigenvalue weighted by Crippen LogP contribution is 2.53. The van der Waals surface area contributed by atoms with Crippen LogP contribution in [0.1, 0.15) is 26.7 Å². The van der Waals surface area contributed by atoms with Gasteiger partial charge in [0.25, 0.3) is 0 Å². The van der Waals surface area contributed by atoms with E-state index in [-0.39, 0.29) is 41.4 Å². The Hall–Kier alpha value is -1.65. The highest BCUT2D eigenvalue weighted by atomic mass is 16.5. The van der Waals surface area contributed by atoms with Gasteiger partial charge in [-0.3, -0.25) is 14.5 Å². The maximum absolute atomic E-state index is 12.7. The van der Waals surface area contributed by atoms with Gasteiger partial charge < -0.3 is 4.74 Å². The van der Waals surface area contributed by atoms with Gasteiger partial charge in [-0.1, -0.05) is 32.4 Å². The number of hydrogen-bond donors (Lipinski definition) is 0. The first-order valence-electron chi connectivity index (χ1n) is 7.64. The van der Waals surface area contributed by atoms with Crippen molar-refractivity contribution in [2.24, 2.45) is 29.6 Å². The van der Waals surface area contributed by atoms with E-state index in [0.717, 1.165) is 6.42 Å². The Bertz CT molecular complexity index is 496. The third-order valence-corrected chi connectivity index (χ3v) is 5.41. The molecule has 0 unspecified atom stereocenters. The summed E-state index contributed by atoms with van der Waals surface area (Å²) >= 11 is 0. The minimum Gasteiger partial charge on any atom is -0.467 e. The number of nitrogens with zero attached hydrogens (tertiary/aromatic N) is 1. The fourth-order valence-electron chi connectivity index (χ4n) is 4.14. The lowest BCUT2D eigenvalue weighted by molar-refractivity contribution is -0.159. The molecule has 3 aliphatic rings. The molecule has 2 aliphatic carbocycles. The minimum atomic E-state index is -0.787. The SMILES string of the molecule is CC[C@H](C)[C@@H](C(=O)OC)N1C(=O)[C@@H]2[C@H](C1=O)[C@H]1C=C[C@@H]2C1. The second-order valence-electron chi connectivity index (χ2n) is 6.40. The Kier molecular flexibility index (Phi) is 3.38. The first-order valence-corrected chi connectivity index (χ1v) is 7.64. The van der Waals surface area contributed by atoms with Crippen molar-refractivity contribution < 1.29 is 19.1 Å². The lowest BCUT2D eigenvalue weighted by atomic mass is 9.85. The highest BCUT2D eigenvalue weighted by Gasteiger charge is 2.61. The largest absolute Gasteiger partial charge is 0.467 e. The third kappa shape index (κ3) is 1.86. The molecule has 1 saturated carbocycles. The number of amides is 2. The topological polar surface area (TPSA) is 63.7 Å². The molecule has 5 heteroatoms. The fraction of sp³-hybridized carbons (Fsp3) is 0.688. The van der Waals surface area contributed by atoms with Crippen LogP contribution in [0.25, 0.3) is 0 Å². The molecule has 114 valence electrons. The number of allylic oxidation sites excluding steroid dienone is 2. The molecule has 6 atom stereocenters. The average Bonchev–Trinajstić information content (AvgIpc) is 3.15. The molecule has 21 heavy (non-hydrogen) atoms. The molecule has 0 N–H and O–H groups in total. The van der Waals surface area contributed by atoms with Crippen molar-refractivity contribution in [3.8, 4) is 0 Å². The summed E-state index contributed by atoms with van der Waals surface area (Å²) in [5.74, 6) is -1.16. The Morgan fingerprint density at radius 2 is 1.81 bits per heavy atom. The van der Waals surface area contributed by atoms with Gasteiger partial charge in [0.2, 0.25) is 11.8 Å². The van der Waals surface area contributed by atoms with Crippen LogP contribution in [0.5, 0.6) is 0 Å². The van der Waals surface area contributed by atoms with Gasteiger partial charge in [-0.15, -0.1) is 0 Å². The number of hydrogen-bond acceptors (Lipinski definition) is 4. The second kappa shape index (κ2) is 4.97. The van der Waals surface area contributed by atoms with E-state index >= 15 is 0 Å². The first-order chi connectivity index (χ1) is 10.0. The zero-order chi connectivity index (χ0) is 15.3. The van der Waals surface area contributed by atoms with Crippen LogP contribution in [0.3, 0.4) is 0 Å². The summed E-state index contributed by atoms with van der Waals surface area (Å²) in [6.45, 7) is 3.82. The van der Waals surface area contributed by atoms with Crippen LogP contribution in [0.15, 0.2) is 12.2 Å². The van der Waals surface area contributed by atoms with Crippen molar-refractivity contribution in [2.75, 3.05) is 7.11 Å². The van der Waals surface area contributed by atoms with Crippen LogP contribution in [-0.2, 0) is 19.1 Å². The molecule has 1 saturated heterocycles. The second-order valence-corrected chi connectivity index (χ2v) is 6.40. The first kappa shape index (κ1) is 14.3. The summed E-state index contributed by atoms with van der Waals surface area (Å²) in [6, 6.07) is -0.787. The number of imide groups is 1. The van der Waals surface area contributed by atoms with Crippen molar-refractivity contribution in [3.05, 3.63) is 12.2 Å². The van der Waals surface area contributed by atoms with Crippen molar-refractivity contribution in [2.45, 2.75) is 32.7 Å². The predicted molar refractivity (Wildman–Crippen MR) is 74.8 cm³/mol. The summed E-state index contributed by atoms with van der Waals surface area (Å²) in [7, 11) is 1.30. The minimum absolute atomic E-state index is 0.102. The Morgan fingerprint density at radius 3 is 2.24 bits per heavy atom. The molecular weight excluding hydrogens is 270 g/mol. The predicted octanol–water partition coefficient (Wildman–Crippen LogP) is 1.38.